The maximum atomic E-state index is 4.21. The molecule has 0 N–H and O–H groups in total. The molecule has 0 spiro atoms. The van der Waals surface area contributed by atoms with Crippen molar-refractivity contribution in [2.75, 3.05) is 0 Å². The fraction of sp³-hybridized carbons (Fsp3) is 0.364. The number of hydrogen-bond acceptors (Lipinski definition) is 3. The topological polar surface area (TPSA) is 38.1 Å². The number of aliphatic imine (C=N–C) groups is 1. The van der Waals surface area contributed by atoms with E-state index in [4.69, 9.17) is 0 Å². The normalized spacial score (nSPS) is 11.1. The van der Waals surface area contributed by atoms with Gasteiger partial charge in [0.15, 0.2) is 0 Å². The van der Waals surface area contributed by atoms with Gasteiger partial charge < -0.3 is 0 Å². The van der Waals surface area contributed by atoms with Crippen LogP contribution in [0.5, 0.6) is 0 Å². The quantitative estimate of drug-likeness (QED) is 0.685. The predicted molar refractivity (Wildman–Crippen MR) is 60.0 cm³/mol. The largest absolute Gasteiger partial charge is 0.260 e. The summed E-state index contributed by atoms with van der Waals surface area (Å²) in [5.41, 5.74) is 2.57. The van der Waals surface area contributed by atoms with Gasteiger partial charge in [-0.25, -0.2) is 9.97 Å². The van der Waals surface area contributed by atoms with Crippen molar-refractivity contribution >= 4 is 18.5 Å². The highest BCUT2D eigenvalue weighted by atomic mass is 14.9. The van der Waals surface area contributed by atoms with E-state index in [0.29, 0.717) is 5.92 Å². The molecule has 0 saturated carbocycles. The van der Waals surface area contributed by atoms with Gasteiger partial charge in [-0.3, -0.25) is 4.99 Å². The highest BCUT2D eigenvalue weighted by Gasteiger charge is 2.10. The van der Waals surface area contributed by atoms with Crippen LogP contribution in [0.1, 0.15) is 38.1 Å². The minimum absolute atomic E-state index is 0.336. The second-order valence-corrected chi connectivity index (χ2v) is 3.31. The molecule has 0 radical (unpaired) electrons. The molecule has 0 aliphatic carbocycles. The zero-order valence-corrected chi connectivity index (χ0v) is 8.86. The lowest BCUT2D eigenvalue weighted by Crippen LogP contribution is -1.96. The van der Waals surface area contributed by atoms with Crippen molar-refractivity contribution in [3.8, 4) is 0 Å². The van der Waals surface area contributed by atoms with E-state index in [0.717, 1.165) is 17.1 Å². The van der Waals surface area contributed by atoms with Crippen molar-refractivity contribution in [1.29, 1.82) is 0 Å². The summed E-state index contributed by atoms with van der Waals surface area (Å²) >= 11 is 0. The third-order valence-electron chi connectivity index (χ3n) is 1.91. The SMILES string of the molecule is C=Nc1c(/C=C\C)ncnc1C(C)C. The maximum absolute atomic E-state index is 4.21. The monoisotopic (exact) mass is 189 g/mol. The van der Waals surface area contributed by atoms with Crippen molar-refractivity contribution in [3.63, 3.8) is 0 Å². The molecule has 0 aromatic carbocycles. The molecule has 1 heterocycles. The van der Waals surface area contributed by atoms with Crippen LogP contribution in [0.4, 0.5) is 5.69 Å². The van der Waals surface area contributed by atoms with Crippen molar-refractivity contribution in [2.24, 2.45) is 4.99 Å². The molecule has 0 aliphatic heterocycles. The van der Waals surface area contributed by atoms with E-state index < -0.39 is 0 Å². The summed E-state index contributed by atoms with van der Waals surface area (Å²) in [5.74, 6) is 0.336. The average Bonchev–Trinajstić information content (AvgIpc) is 2.18. The average molecular weight is 189 g/mol. The van der Waals surface area contributed by atoms with E-state index in [1.54, 1.807) is 6.33 Å². The van der Waals surface area contributed by atoms with Crippen molar-refractivity contribution < 1.29 is 0 Å². The number of aromatic nitrogens is 2. The molecule has 0 unspecified atom stereocenters. The van der Waals surface area contributed by atoms with Crippen LogP contribution in [0.3, 0.4) is 0 Å². The Balaban J connectivity index is 3.31. The van der Waals surface area contributed by atoms with E-state index in [1.807, 2.05) is 19.1 Å². The van der Waals surface area contributed by atoms with Crippen LogP contribution in [0.15, 0.2) is 17.4 Å². The van der Waals surface area contributed by atoms with Gasteiger partial charge in [-0.2, -0.15) is 0 Å². The standard InChI is InChI=1S/C11H15N3/c1-5-6-9-11(12-4)10(8(2)3)14-7-13-9/h5-8H,4H2,1-3H3/b6-5-. The van der Waals surface area contributed by atoms with Gasteiger partial charge in [0.1, 0.15) is 12.0 Å². The molecular weight excluding hydrogens is 174 g/mol. The van der Waals surface area contributed by atoms with Crippen LogP contribution in [-0.4, -0.2) is 16.7 Å². The van der Waals surface area contributed by atoms with Crippen molar-refractivity contribution in [2.45, 2.75) is 26.7 Å². The van der Waals surface area contributed by atoms with Gasteiger partial charge in [0.2, 0.25) is 0 Å². The lowest BCUT2D eigenvalue weighted by atomic mass is 10.1. The summed E-state index contributed by atoms with van der Waals surface area (Å²) in [4.78, 5) is 12.3. The van der Waals surface area contributed by atoms with Gasteiger partial charge in [0.05, 0.1) is 11.4 Å². The molecule has 0 saturated heterocycles. The Bertz CT molecular complexity index is 354. The third-order valence-corrected chi connectivity index (χ3v) is 1.91. The molecule has 1 aromatic heterocycles. The molecule has 1 rings (SSSR count). The predicted octanol–water partition coefficient (Wildman–Crippen LogP) is 2.97. The smallest absolute Gasteiger partial charge is 0.116 e. The van der Waals surface area contributed by atoms with Gasteiger partial charge in [-0.05, 0) is 25.6 Å². The molecular formula is C11H15N3. The van der Waals surface area contributed by atoms with E-state index in [2.05, 4.69) is 35.5 Å². The third kappa shape index (κ3) is 2.05. The molecule has 3 nitrogen and oxygen atoms in total. The van der Waals surface area contributed by atoms with Crippen LogP contribution in [0.2, 0.25) is 0 Å². The Labute approximate surface area is 84.6 Å². The van der Waals surface area contributed by atoms with E-state index in [-0.39, 0.29) is 0 Å². The molecule has 0 aliphatic rings. The molecule has 1 aromatic rings. The van der Waals surface area contributed by atoms with Crippen molar-refractivity contribution in [1.82, 2.24) is 9.97 Å². The van der Waals surface area contributed by atoms with Crippen LogP contribution >= 0.6 is 0 Å². The van der Waals surface area contributed by atoms with Gasteiger partial charge >= 0.3 is 0 Å². The number of nitrogens with zero attached hydrogens (tertiary/aromatic N) is 3. The van der Waals surface area contributed by atoms with Gasteiger partial charge in [-0.15, -0.1) is 0 Å². The fourth-order valence-corrected chi connectivity index (χ4v) is 1.27. The zero-order valence-electron chi connectivity index (χ0n) is 8.86. The van der Waals surface area contributed by atoms with E-state index >= 15 is 0 Å². The fourth-order valence-electron chi connectivity index (χ4n) is 1.27. The summed E-state index contributed by atoms with van der Waals surface area (Å²) in [6.07, 6.45) is 5.41. The summed E-state index contributed by atoms with van der Waals surface area (Å²) in [6.45, 7) is 9.66. The number of allylic oxidation sites excluding steroid dienone is 1. The number of hydrogen-bond donors (Lipinski definition) is 0. The Hall–Kier alpha value is -1.51. The second kappa shape index (κ2) is 4.65. The minimum atomic E-state index is 0.336. The second-order valence-electron chi connectivity index (χ2n) is 3.31. The Kier molecular flexibility index (Phi) is 3.51. The molecule has 0 fully saturated rings. The Morgan fingerprint density at radius 2 is 2.14 bits per heavy atom. The summed E-state index contributed by atoms with van der Waals surface area (Å²) in [5, 5.41) is 0. The number of rotatable bonds is 3. The molecule has 14 heavy (non-hydrogen) atoms. The Morgan fingerprint density at radius 1 is 1.43 bits per heavy atom. The Morgan fingerprint density at radius 3 is 2.64 bits per heavy atom. The summed E-state index contributed by atoms with van der Waals surface area (Å²) in [6, 6.07) is 0. The minimum Gasteiger partial charge on any atom is -0.260 e. The first-order valence-electron chi connectivity index (χ1n) is 4.65. The maximum Gasteiger partial charge on any atom is 0.116 e. The zero-order chi connectivity index (χ0) is 10.6. The molecule has 0 bridgehead atoms. The van der Waals surface area contributed by atoms with Gasteiger partial charge in [-0.1, -0.05) is 19.9 Å². The first kappa shape index (κ1) is 10.6. The molecule has 74 valence electrons. The van der Waals surface area contributed by atoms with E-state index in [1.165, 1.54) is 0 Å². The summed E-state index contributed by atoms with van der Waals surface area (Å²) < 4.78 is 0. The van der Waals surface area contributed by atoms with Gasteiger partial charge in [0.25, 0.3) is 0 Å². The first-order chi connectivity index (χ1) is 6.70. The molecule has 0 atom stereocenters. The van der Waals surface area contributed by atoms with E-state index in [9.17, 15) is 0 Å². The van der Waals surface area contributed by atoms with Gasteiger partial charge in [0, 0.05) is 0 Å². The van der Waals surface area contributed by atoms with Crippen LogP contribution in [0.25, 0.3) is 6.08 Å². The van der Waals surface area contributed by atoms with Crippen LogP contribution in [-0.2, 0) is 0 Å². The molecule has 0 amide bonds. The lowest BCUT2D eigenvalue weighted by Gasteiger charge is -2.08. The molecule has 3 heteroatoms. The van der Waals surface area contributed by atoms with Crippen LogP contribution in [0, 0.1) is 0 Å². The first-order valence-corrected chi connectivity index (χ1v) is 4.65. The lowest BCUT2D eigenvalue weighted by molar-refractivity contribution is 0.813. The van der Waals surface area contributed by atoms with Crippen LogP contribution < -0.4 is 0 Å². The van der Waals surface area contributed by atoms with Crippen molar-refractivity contribution in [3.05, 3.63) is 23.8 Å². The summed E-state index contributed by atoms with van der Waals surface area (Å²) in [7, 11) is 0. The highest BCUT2D eigenvalue weighted by molar-refractivity contribution is 5.64. The highest BCUT2D eigenvalue weighted by Crippen LogP contribution is 2.27.